The van der Waals surface area contributed by atoms with E-state index in [1.807, 2.05) is 81.6 Å². The first kappa shape index (κ1) is 36.6. The number of carbonyl (C=O) groups is 2. The second-order valence-corrected chi connectivity index (χ2v) is 14.1. The van der Waals surface area contributed by atoms with Crippen LogP contribution >= 0.6 is 11.8 Å². The predicted molar refractivity (Wildman–Crippen MR) is 194 cm³/mol. The standard InChI is InChI=1S/C38H45N3O5S2/c1-5-7-25-39-38(43)35(26-30-16-9-8-10-17-30)40(27-31-18-12-11-15-29(31)3)37(42)28-41(34-19-13-14-20-36(34)46-6-2)48(44,45)33-23-21-32(47-4)22-24-33/h8-24,35H,5-7,25-28H2,1-4H3,(H,39,43)/t35-/m0/s1. The van der Waals surface area contributed by atoms with Gasteiger partial charge in [-0.25, -0.2) is 8.42 Å². The van der Waals surface area contributed by atoms with Gasteiger partial charge < -0.3 is 15.0 Å². The monoisotopic (exact) mass is 687 g/mol. The molecule has 0 aromatic heterocycles. The lowest BCUT2D eigenvalue weighted by atomic mass is 10.0. The van der Waals surface area contributed by atoms with E-state index in [-0.39, 0.29) is 29.5 Å². The number of ether oxygens (including phenoxy) is 1. The molecule has 0 saturated heterocycles. The van der Waals surface area contributed by atoms with Crippen molar-refractivity contribution >= 4 is 39.3 Å². The van der Waals surface area contributed by atoms with Crippen LogP contribution in [0.25, 0.3) is 0 Å². The van der Waals surface area contributed by atoms with Gasteiger partial charge in [0.1, 0.15) is 18.3 Å². The van der Waals surface area contributed by atoms with Crippen molar-refractivity contribution in [2.24, 2.45) is 0 Å². The summed E-state index contributed by atoms with van der Waals surface area (Å²) in [4.78, 5) is 31.2. The largest absolute Gasteiger partial charge is 0.492 e. The Hall–Kier alpha value is -4.28. The highest BCUT2D eigenvalue weighted by molar-refractivity contribution is 7.98. The molecule has 0 heterocycles. The van der Waals surface area contributed by atoms with E-state index in [4.69, 9.17) is 4.74 Å². The molecule has 1 N–H and O–H groups in total. The van der Waals surface area contributed by atoms with Crippen LogP contribution in [0.5, 0.6) is 5.75 Å². The predicted octanol–water partition coefficient (Wildman–Crippen LogP) is 6.87. The number of unbranched alkanes of at least 4 members (excludes halogenated alkanes) is 1. The Morgan fingerprint density at radius 3 is 2.21 bits per heavy atom. The third kappa shape index (κ3) is 9.41. The van der Waals surface area contributed by atoms with Crippen LogP contribution in [0.1, 0.15) is 43.4 Å². The molecule has 8 nitrogen and oxygen atoms in total. The minimum Gasteiger partial charge on any atom is -0.492 e. The smallest absolute Gasteiger partial charge is 0.264 e. The summed E-state index contributed by atoms with van der Waals surface area (Å²) in [6, 6.07) is 29.7. The van der Waals surface area contributed by atoms with Crippen molar-refractivity contribution in [2.45, 2.75) is 62.4 Å². The van der Waals surface area contributed by atoms with Crippen molar-refractivity contribution in [3.05, 3.63) is 120 Å². The zero-order chi connectivity index (χ0) is 34.5. The average Bonchev–Trinajstić information content (AvgIpc) is 3.10. The Morgan fingerprint density at radius 1 is 0.875 bits per heavy atom. The lowest BCUT2D eigenvalue weighted by Crippen LogP contribution is -2.53. The Balaban J connectivity index is 1.83. The number of sulfonamides is 1. The zero-order valence-corrected chi connectivity index (χ0v) is 29.7. The number of carbonyl (C=O) groups excluding carboxylic acids is 2. The van der Waals surface area contributed by atoms with Gasteiger partial charge in [0.2, 0.25) is 11.8 Å². The number of hydrogen-bond donors (Lipinski definition) is 1. The molecule has 0 aliphatic rings. The molecule has 0 saturated carbocycles. The maximum atomic E-state index is 14.8. The summed E-state index contributed by atoms with van der Waals surface area (Å²) in [6.45, 7) is 6.17. The van der Waals surface area contributed by atoms with E-state index in [1.165, 1.54) is 16.7 Å². The fourth-order valence-electron chi connectivity index (χ4n) is 5.36. The van der Waals surface area contributed by atoms with E-state index in [0.717, 1.165) is 38.7 Å². The summed E-state index contributed by atoms with van der Waals surface area (Å²) in [5.74, 6) is -0.466. The number of benzene rings is 4. The Morgan fingerprint density at radius 2 is 1.54 bits per heavy atom. The number of nitrogens with zero attached hydrogens (tertiary/aromatic N) is 2. The molecule has 4 aromatic rings. The van der Waals surface area contributed by atoms with E-state index < -0.39 is 28.5 Å². The topological polar surface area (TPSA) is 96.0 Å². The van der Waals surface area contributed by atoms with Gasteiger partial charge >= 0.3 is 0 Å². The SMILES string of the molecule is CCCCNC(=O)[C@H](Cc1ccccc1)N(Cc1ccccc1C)C(=O)CN(c1ccccc1OCC)S(=O)(=O)c1ccc(SC)cc1. The van der Waals surface area contributed by atoms with Crippen LogP contribution in [0.4, 0.5) is 5.69 Å². The van der Waals surface area contributed by atoms with Crippen molar-refractivity contribution in [1.29, 1.82) is 0 Å². The number of thioether (sulfide) groups is 1. The molecule has 48 heavy (non-hydrogen) atoms. The van der Waals surface area contributed by atoms with E-state index in [0.29, 0.717) is 18.9 Å². The number of para-hydroxylation sites is 2. The Labute approximate surface area is 289 Å². The van der Waals surface area contributed by atoms with Crippen molar-refractivity contribution in [2.75, 3.05) is 30.3 Å². The molecule has 4 aromatic carbocycles. The fraction of sp³-hybridized carbons (Fsp3) is 0.316. The summed E-state index contributed by atoms with van der Waals surface area (Å²) < 4.78 is 35.8. The summed E-state index contributed by atoms with van der Waals surface area (Å²) in [7, 11) is -4.26. The number of hydrogen-bond acceptors (Lipinski definition) is 6. The van der Waals surface area contributed by atoms with Gasteiger partial charge in [-0.1, -0.05) is 80.1 Å². The van der Waals surface area contributed by atoms with Crippen LogP contribution < -0.4 is 14.4 Å². The Kier molecular flexibility index (Phi) is 13.5. The summed E-state index contributed by atoms with van der Waals surface area (Å²) in [5, 5.41) is 3.03. The molecular formula is C38H45N3O5S2. The lowest BCUT2D eigenvalue weighted by molar-refractivity contribution is -0.140. The number of nitrogens with one attached hydrogen (secondary N) is 1. The molecular weight excluding hydrogens is 643 g/mol. The van der Waals surface area contributed by atoms with Gasteiger partial charge in [0.25, 0.3) is 10.0 Å². The van der Waals surface area contributed by atoms with Crippen molar-refractivity contribution < 1.29 is 22.7 Å². The fourth-order valence-corrected chi connectivity index (χ4v) is 7.19. The van der Waals surface area contributed by atoms with Gasteiger partial charge in [0.15, 0.2) is 0 Å². The van der Waals surface area contributed by atoms with Crippen LogP contribution in [0.2, 0.25) is 0 Å². The second-order valence-electron chi connectivity index (χ2n) is 11.4. The van der Waals surface area contributed by atoms with Gasteiger partial charge in [-0.2, -0.15) is 0 Å². The maximum Gasteiger partial charge on any atom is 0.264 e. The summed E-state index contributed by atoms with van der Waals surface area (Å²) in [6.07, 6.45) is 3.87. The van der Waals surface area contributed by atoms with Crippen LogP contribution in [-0.2, 0) is 32.6 Å². The van der Waals surface area contributed by atoms with Gasteiger partial charge in [-0.05, 0) is 79.6 Å². The van der Waals surface area contributed by atoms with E-state index in [9.17, 15) is 18.0 Å². The van der Waals surface area contributed by atoms with Crippen molar-refractivity contribution in [3.8, 4) is 5.75 Å². The molecule has 0 spiro atoms. The van der Waals surface area contributed by atoms with Gasteiger partial charge in [0, 0.05) is 24.4 Å². The number of amides is 2. The minimum atomic E-state index is -4.26. The van der Waals surface area contributed by atoms with E-state index in [1.54, 1.807) is 48.5 Å². The van der Waals surface area contributed by atoms with E-state index in [2.05, 4.69) is 5.32 Å². The molecule has 0 fully saturated rings. The summed E-state index contributed by atoms with van der Waals surface area (Å²) in [5.41, 5.74) is 2.95. The molecule has 10 heteroatoms. The molecule has 0 aliphatic carbocycles. The molecule has 0 radical (unpaired) electrons. The highest BCUT2D eigenvalue weighted by Gasteiger charge is 2.35. The quantitative estimate of drug-likeness (QED) is 0.0962. The normalized spacial score (nSPS) is 11.8. The molecule has 4 rings (SSSR count). The molecule has 0 bridgehead atoms. The molecule has 1 atom stereocenters. The van der Waals surface area contributed by atoms with Crippen LogP contribution in [0, 0.1) is 6.92 Å². The molecule has 0 unspecified atom stereocenters. The lowest BCUT2D eigenvalue weighted by Gasteiger charge is -2.34. The van der Waals surface area contributed by atoms with Gasteiger partial charge in [-0.15, -0.1) is 11.8 Å². The number of rotatable bonds is 17. The van der Waals surface area contributed by atoms with Crippen molar-refractivity contribution in [1.82, 2.24) is 10.2 Å². The first-order chi connectivity index (χ1) is 23.2. The summed E-state index contributed by atoms with van der Waals surface area (Å²) >= 11 is 1.50. The third-order valence-corrected chi connectivity index (χ3v) is 10.6. The molecule has 0 aliphatic heterocycles. The van der Waals surface area contributed by atoms with E-state index >= 15 is 0 Å². The molecule has 254 valence electrons. The first-order valence-corrected chi connectivity index (χ1v) is 18.9. The highest BCUT2D eigenvalue weighted by atomic mass is 32.2. The number of aryl methyl sites for hydroxylation is 1. The van der Waals surface area contributed by atoms with Crippen LogP contribution in [-0.4, -0.2) is 57.1 Å². The average molecular weight is 688 g/mol. The molecule has 2 amide bonds. The van der Waals surface area contributed by atoms with Gasteiger partial charge in [-0.3, -0.25) is 13.9 Å². The van der Waals surface area contributed by atoms with Crippen molar-refractivity contribution in [3.63, 3.8) is 0 Å². The van der Waals surface area contributed by atoms with Crippen LogP contribution in [0.3, 0.4) is 0 Å². The van der Waals surface area contributed by atoms with Gasteiger partial charge in [0.05, 0.1) is 17.2 Å². The number of anilines is 1. The highest BCUT2D eigenvalue weighted by Crippen LogP contribution is 2.33. The Bertz CT molecular complexity index is 1750. The van der Waals surface area contributed by atoms with Crippen LogP contribution in [0.15, 0.2) is 113 Å². The zero-order valence-electron chi connectivity index (χ0n) is 28.1. The minimum absolute atomic E-state index is 0.0444. The third-order valence-electron chi connectivity index (χ3n) is 8.06. The first-order valence-electron chi connectivity index (χ1n) is 16.2. The second kappa shape index (κ2) is 17.8. The maximum absolute atomic E-state index is 14.8.